The van der Waals surface area contributed by atoms with E-state index in [1.165, 1.54) is 11.3 Å². The Balaban J connectivity index is 2.33. The number of allylic oxidation sites excluding steroid dienone is 1. The average Bonchev–Trinajstić information content (AvgIpc) is 2.85. The number of carbonyl (C=O) groups is 1. The van der Waals surface area contributed by atoms with E-state index in [0.29, 0.717) is 17.9 Å². The van der Waals surface area contributed by atoms with Crippen LogP contribution in [0.5, 0.6) is 11.5 Å². The topological polar surface area (TPSA) is 35.5 Å². The fourth-order valence-corrected chi connectivity index (χ4v) is 2.99. The second kappa shape index (κ2) is 6.09. The third kappa shape index (κ3) is 3.02. The zero-order valence-corrected chi connectivity index (χ0v) is 12.8. The summed E-state index contributed by atoms with van der Waals surface area (Å²) in [6.45, 7) is 5.77. The molecule has 4 heteroatoms. The fourth-order valence-electron chi connectivity index (χ4n) is 1.95. The summed E-state index contributed by atoms with van der Waals surface area (Å²) in [6.07, 6.45) is 1.25. The zero-order chi connectivity index (χ0) is 14.7. The summed E-state index contributed by atoms with van der Waals surface area (Å²) < 4.78 is 11.6. The third-order valence-corrected chi connectivity index (χ3v) is 4.22. The summed E-state index contributed by atoms with van der Waals surface area (Å²) >= 11 is 1.49. The smallest absolute Gasteiger partial charge is 0.173 e. The molecular formula is C16H18O3S. The number of rotatable bonds is 6. The van der Waals surface area contributed by atoms with Crippen molar-refractivity contribution in [2.45, 2.75) is 19.8 Å². The van der Waals surface area contributed by atoms with Gasteiger partial charge in [-0.15, -0.1) is 17.9 Å². The van der Waals surface area contributed by atoms with Crippen molar-refractivity contribution in [1.82, 2.24) is 0 Å². The van der Waals surface area contributed by atoms with Gasteiger partial charge < -0.3 is 9.47 Å². The Hall–Kier alpha value is -1.81. The number of ketones is 1. The highest BCUT2D eigenvalue weighted by Gasteiger charge is 2.13. The summed E-state index contributed by atoms with van der Waals surface area (Å²) in [5.74, 6) is 1.52. The van der Waals surface area contributed by atoms with E-state index >= 15 is 0 Å². The minimum atomic E-state index is 0.159. The molecule has 0 radical (unpaired) electrons. The first-order valence-corrected chi connectivity index (χ1v) is 7.20. The van der Waals surface area contributed by atoms with Crippen LogP contribution in [0.2, 0.25) is 0 Å². The second-order valence-corrected chi connectivity index (χ2v) is 5.82. The van der Waals surface area contributed by atoms with E-state index in [-0.39, 0.29) is 5.78 Å². The lowest BCUT2D eigenvalue weighted by molar-refractivity contribution is 0.0987. The first-order valence-electron chi connectivity index (χ1n) is 6.38. The molecule has 0 aliphatic heterocycles. The molecule has 1 aromatic carbocycles. The number of Topliss-reactive ketones (excluding diaryl/α,β-unsaturated/α-hetero) is 1. The molecule has 0 spiro atoms. The van der Waals surface area contributed by atoms with Crippen molar-refractivity contribution in [2.24, 2.45) is 0 Å². The minimum absolute atomic E-state index is 0.159. The number of carbonyl (C=O) groups excluding carboxylic acids is 1. The summed E-state index contributed by atoms with van der Waals surface area (Å²) in [5.41, 5.74) is 1.03. The van der Waals surface area contributed by atoms with Gasteiger partial charge in [-0.25, -0.2) is 0 Å². The highest BCUT2D eigenvalue weighted by Crippen LogP contribution is 2.36. The van der Waals surface area contributed by atoms with E-state index in [1.807, 2.05) is 25.1 Å². The number of ether oxygens (including phenoxy) is 2. The first-order chi connectivity index (χ1) is 9.55. The average molecular weight is 290 g/mol. The van der Waals surface area contributed by atoms with Crippen molar-refractivity contribution in [1.29, 1.82) is 0 Å². The Kier molecular flexibility index (Phi) is 4.45. The highest BCUT2D eigenvalue weighted by molar-refractivity contribution is 7.20. The van der Waals surface area contributed by atoms with E-state index < -0.39 is 0 Å². The van der Waals surface area contributed by atoms with Gasteiger partial charge in [-0.2, -0.15) is 0 Å². The van der Waals surface area contributed by atoms with Crippen LogP contribution in [-0.2, 0) is 0 Å². The monoisotopic (exact) mass is 290 g/mol. The molecule has 0 saturated carbocycles. The Labute approximate surface area is 122 Å². The van der Waals surface area contributed by atoms with Gasteiger partial charge in [0.2, 0.25) is 0 Å². The molecule has 106 valence electrons. The Morgan fingerprint density at radius 2 is 1.80 bits per heavy atom. The van der Waals surface area contributed by atoms with E-state index in [4.69, 9.17) is 9.47 Å². The van der Waals surface area contributed by atoms with E-state index in [0.717, 1.165) is 27.0 Å². The summed E-state index contributed by atoms with van der Waals surface area (Å²) in [5, 5.41) is 1.01. The van der Waals surface area contributed by atoms with Gasteiger partial charge in [0, 0.05) is 17.2 Å². The molecule has 0 bridgehead atoms. The number of fused-ring (bicyclic) bond motifs is 1. The lowest BCUT2D eigenvalue weighted by Crippen LogP contribution is -1.95. The Morgan fingerprint density at radius 1 is 1.15 bits per heavy atom. The molecule has 0 aliphatic carbocycles. The maximum atomic E-state index is 12.1. The van der Waals surface area contributed by atoms with Crippen molar-refractivity contribution in [3.8, 4) is 11.5 Å². The second-order valence-electron chi connectivity index (χ2n) is 4.74. The van der Waals surface area contributed by atoms with Gasteiger partial charge in [0.15, 0.2) is 17.3 Å². The SMILES string of the molecule is C=C(C)CCC(=O)c1cc2cc(OC)c(OC)cc2s1. The maximum Gasteiger partial charge on any atom is 0.173 e. The van der Waals surface area contributed by atoms with Gasteiger partial charge in [0.05, 0.1) is 19.1 Å². The predicted octanol–water partition coefficient (Wildman–Crippen LogP) is 4.46. The summed E-state index contributed by atoms with van der Waals surface area (Å²) in [6, 6.07) is 5.73. The highest BCUT2D eigenvalue weighted by atomic mass is 32.1. The van der Waals surface area contributed by atoms with Gasteiger partial charge in [-0.05, 0) is 30.9 Å². The summed E-state index contributed by atoms with van der Waals surface area (Å²) in [7, 11) is 3.21. The largest absolute Gasteiger partial charge is 0.493 e. The molecule has 1 aromatic heterocycles. The van der Waals surface area contributed by atoms with Crippen molar-refractivity contribution in [2.75, 3.05) is 14.2 Å². The van der Waals surface area contributed by atoms with Gasteiger partial charge >= 0.3 is 0 Å². The molecule has 0 fully saturated rings. The lowest BCUT2D eigenvalue weighted by atomic mass is 10.1. The van der Waals surface area contributed by atoms with E-state index in [1.54, 1.807) is 14.2 Å². The quantitative estimate of drug-likeness (QED) is 0.582. The molecule has 0 atom stereocenters. The van der Waals surface area contributed by atoms with Crippen LogP contribution in [0, 0.1) is 0 Å². The number of hydrogen-bond donors (Lipinski definition) is 0. The predicted molar refractivity (Wildman–Crippen MR) is 83.3 cm³/mol. The molecule has 20 heavy (non-hydrogen) atoms. The van der Waals surface area contributed by atoms with Gasteiger partial charge in [0.1, 0.15) is 0 Å². The molecular weight excluding hydrogens is 272 g/mol. The van der Waals surface area contributed by atoms with Crippen LogP contribution in [0.1, 0.15) is 29.4 Å². The van der Waals surface area contributed by atoms with Crippen LogP contribution >= 0.6 is 11.3 Å². The Morgan fingerprint density at radius 3 is 2.40 bits per heavy atom. The van der Waals surface area contributed by atoms with Crippen molar-refractivity contribution < 1.29 is 14.3 Å². The molecule has 1 heterocycles. The van der Waals surface area contributed by atoms with Crippen LogP contribution in [0.25, 0.3) is 10.1 Å². The van der Waals surface area contributed by atoms with Crippen LogP contribution < -0.4 is 9.47 Å². The van der Waals surface area contributed by atoms with E-state index in [2.05, 4.69) is 6.58 Å². The van der Waals surface area contributed by atoms with Crippen molar-refractivity contribution in [3.05, 3.63) is 35.2 Å². The molecule has 0 N–H and O–H groups in total. The van der Waals surface area contributed by atoms with E-state index in [9.17, 15) is 4.79 Å². The standard InChI is InChI=1S/C16H18O3S/c1-10(2)5-6-12(17)16-8-11-7-13(18-3)14(19-4)9-15(11)20-16/h7-9H,1,5-6H2,2-4H3. The van der Waals surface area contributed by atoms with Crippen LogP contribution in [0.3, 0.4) is 0 Å². The molecule has 0 amide bonds. The van der Waals surface area contributed by atoms with Gasteiger partial charge in [-0.3, -0.25) is 4.79 Å². The van der Waals surface area contributed by atoms with Crippen LogP contribution in [-0.4, -0.2) is 20.0 Å². The van der Waals surface area contributed by atoms with Crippen molar-refractivity contribution >= 4 is 27.2 Å². The maximum absolute atomic E-state index is 12.1. The van der Waals surface area contributed by atoms with Crippen LogP contribution in [0.15, 0.2) is 30.4 Å². The van der Waals surface area contributed by atoms with Gasteiger partial charge in [-0.1, -0.05) is 5.57 Å². The molecule has 2 rings (SSSR count). The number of benzene rings is 1. The van der Waals surface area contributed by atoms with Crippen LogP contribution in [0.4, 0.5) is 0 Å². The summed E-state index contributed by atoms with van der Waals surface area (Å²) in [4.78, 5) is 12.9. The molecule has 0 aliphatic rings. The Bertz CT molecular complexity index is 614. The fraction of sp³-hybridized carbons (Fsp3) is 0.312. The third-order valence-electron chi connectivity index (χ3n) is 3.08. The minimum Gasteiger partial charge on any atom is -0.493 e. The number of methoxy groups -OCH3 is 2. The molecule has 2 aromatic rings. The lowest BCUT2D eigenvalue weighted by Gasteiger charge is -2.06. The normalized spacial score (nSPS) is 10.6. The number of thiophene rings is 1. The van der Waals surface area contributed by atoms with Gasteiger partial charge in [0.25, 0.3) is 0 Å². The first kappa shape index (κ1) is 14.6. The number of hydrogen-bond acceptors (Lipinski definition) is 4. The van der Waals surface area contributed by atoms with Crippen molar-refractivity contribution in [3.63, 3.8) is 0 Å². The molecule has 0 unspecified atom stereocenters. The molecule has 3 nitrogen and oxygen atoms in total. The zero-order valence-electron chi connectivity index (χ0n) is 12.0. The molecule has 0 saturated heterocycles.